The number of carbonyl (C=O) groups is 2. The van der Waals surface area contributed by atoms with Gasteiger partial charge in [0.15, 0.2) is 0 Å². The zero-order chi connectivity index (χ0) is 13.9. The highest BCUT2D eigenvalue weighted by Gasteiger charge is 2.42. The van der Waals surface area contributed by atoms with Crippen molar-refractivity contribution >= 4 is 11.9 Å². The molecule has 0 saturated heterocycles. The third kappa shape index (κ3) is 2.48. The van der Waals surface area contributed by atoms with Gasteiger partial charge in [-0.05, 0) is 30.5 Å². The summed E-state index contributed by atoms with van der Waals surface area (Å²) in [5.74, 6) is -1.17. The van der Waals surface area contributed by atoms with E-state index in [1.54, 1.807) is 24.3 Å². The Morgan fingerprint density at radius 3 is 2.16 bits per heavy atom. The summed E-state index contributed by atoms with van der Waals surface area (Å²) in [6, 6.07) is 6.59. The summed E-state index contributed by atoms with van der Waals surface area (Å²) >= 11 is 0. The van der Waals surface area contributed by atoms with Gasteiger partial charge >= 0.3 is 11.9 Å². The van der Waals surface area contributed by atoms with Crippen LogP contribution in [0.3, 0.4) is 0 Å². The largest absolute Gasteiger partial charge is 0.478 e. The van der Waals surface area contributed by atoms with E-state index in [1.165, 1.54) is 7.11 Å². The minimum Gasteiger partial charge on any atom is -0.478 e. The normalized spacial score (nSPS) is 17.7. The summed E-state index contributed by atoms with van der Waals surface area (Å²) in [6.07, 6.45) is 4.66. The van der Waals surface area contributed by atoms with Crippen LogP contribution in [-0.4, -0.2) is 24.2 Å². The quantitative estimate of drug-likeness (QED) is 0.851. The fourth-order valence-corrected chi connectivity index (χ4v) is 2.89. The lowest BCUT2D eigenvalue weighted by molar-refractivity contribution is -0.149. The van der Waals surface area contributed by atoms with E-state index >= 15 is 0 Å². The van der Waals surface area contributed by atoms with Gasteiger partial charge in [-0.1, -0.05) is 31.4 Å². The molecule has 1 aliphatic rings. The highest BCUT2D eigenvalue weighted by molar-refractivity contribution is 5.88. The van der Waals surface area contributed by atoms with E-state index in [1.807, 2.05) is 0 Å². The van der Waals surface area contributed by atoms with Crippen LogP contribution in [-0.2, 0) is 14.9 Å². The van der Waals surface area contributed by atoms with E-state index in [0.29, 0.717) is 0 Å². The predicted octanol–water partition coefficient (Wildman–Crippen LogP) is 2.76. The Morgan fingerprint density at radius 1 is 1.11 bits per heavy atom. The topological polar surface area (TPSA) is 63.6 Å². The van der Waals surface area contributed by atoms with Gasteiger partial charge in [0.2, 0.25) is 0 Å². The van der Waals surface area contributed by atoms with Crippen LogP contribution in [0.2, 0.25) is 0 Å². The highest BCUT2D eigenvalue weighted by atomic mass is 16.5. The molecule has 0 radical (unpaired) electrons. The number of methoxy groups -OCH3 is 1. The van der Waals surface area contributed by atoms with E-state index in [0.717, 1.165) is 37.7 Å². The molecule has 0 unspecified atom stereocenters. The first kappa shape index (κ1) is 13.6. The Kier molecular flexibility index (Phi) is 3.88. The highest BCUT2D eigenvalue weighted by Crippen LogP contribution is 2.40. The minimum absolute atomic E-state index is 0.213. The second kappa shape index (κ2) is 5.43. The second-order valence-corrected chi connectivity index (χ2v) is 5.02. The molecule has 4 nitrogen and oxygen atoms in total. The van der Waals surface area contributed by atoms with Gasteiger partial charge in [0, 0.05) is 0 Å². The first-order valence-corrected chi connectivity index (χ1v) is 6.52. The molecule has 102 valence electrons. The first-order chi connectivity index (χ1) is 9.10. The molecule has 0 aliphatic heterocycles. The lowest BCUT2D eigenvalue weighted by atomic mass is 9.69. The molecule has 1 saturated carbocycles. The van der Waals surface area contributed by atoms with Crippen molar-refractivity contribution in [2.24, 2.45) is 0 Å². The summed E-state index contributed by atoms with van der Waals surface area (Å²) in [6.45, 7) is 0. The summed E-state index contributed by atoms with van der Waals surface area (Å²) in [7, 11) is 1.41. The molecule has 0 spiro atoms. The fourth-order valence-electron chi connectivity index (χ4n) is 2.89. The van der Waals surface area contributed by atoms with Crippen molar-refractivity contribution in [3.8, 4) is 0 Å². The van der Waals surface area contributed by atoms with Crippen LogP contribution in [0, 0.1) is 0 Å². The molecule has 4 heteroatoms. The Labute approximate surface area is 112 Å². The second-order valence-electron chi connectivity index (χ2n) is 5.02. The summed E-state index contributed by atoms with van der Waals surface area (Å²) < 4.78 is 4.97. The van der Waals surface area contributed by atoms with Crippen LogP contribution in [0.25, 0.3) is 0 Å². The fraction of sp³-hybridized carbons (Fsp3) is 0.467. The summed E-state index contributed by atoms with van der Waals surface area (Å²) in [5.41, 5.74) is 0.507. The van der Waals surface area contributed by atoms with Crippen molar-refractivity contribution in [3.05, 3.63) is 35.4 Å². The van der Waals surface area contributed by atoms with Gasteiger partial charge in [-0.2, -0.15) is 0 Å². The Hall–Kier alpha value is -1.84. The van der Waals surface area contributed by atoms with E-state index in [9.17, 15) is 9.59 Å². The zero-order valence-corrected chi connectivity index (χ0v) is 11.0. The number of benzene rings is 1. The van der Waals surface area contributed by atoms with Crippen molar-refractivity contribution in [2.75, 3.05) is 7.11 Å². The monoisotopic (exact) mass is 262 g/mol. The van der Waals surface area contributed by atoms with Gasteiger partial charge in [0.25, 0.3) is 0 Å². The van der Waals surface area contributed by atoms with Gasteiger partial charge in [-0.3, -0.25) is 4.79 Å². The zero-order valence-electron chi connectivity index (χ0n) is 11.0. The Morgan fingerprint density at radius 2 is 1.68 bits per heavy atom. The molecule has 2 rings (SSSR count). The molecule has 0 amide bonds. The van der Waals surface area contributed by atoms with E-state index in [-0.39, 0.29) is 11.5 Å². The maximum absolute atomic E-state index is 12.2. The van der Waals surface area contributed by atoms with E-state index < -0.39 is 11.4 Å². The number of hydrogen-bond donors (Lipinski definition) is 1. The van der Waals surface area contributed by atoms with Crippen molar-refractivity contribution in [3.63, 3.8) is 0 Å². The summed E-state index contributed by atoms with van der Waals surface area (Å²) in [5, 5.41) is 8.91. The number of esters is 1. The molecule has 1 aliphatic carbocycles. The molecule has 1 fully saturated rings. The number of ether oxygens (including phenoxy) is 1. The smallest absolute Gasteiger partial charge is 0.335 e. The van der Waals surface area contributed by atoms with Crippen molar-refractivity contribution < 1.29 is 19.4 Å². The minimum atomic E-state index is -0.956. The molecule has 0 aromatic heterocycles. The van der Waals surface area contributed by atoms with Crippen molar-refractivity contribution in [2.45, 2.75) is 37.5 Å². The van der Waals surface area contributed by atoms with Crippen LogP contribution in [0.1, 0.15) is 48.0 Å². The van der Waals surface area contributed by atoms with Gasteiger partial charge in [0.05, 0.1) is 18.1 Å². The predicted molar refractivity (Wildman–Crippen MR) is 70.2 cm³/mol. The van der Waals surface area contributed by atoms with Crippen LogP contribution in [0.15, 0.2) is 24.3 Å². The van der Waals surface area contributed by atoms with E-state index in [4.69, 9.17) is 9.84 Å². The molecule has 19 heavy (non-hydrogen) atoms. The molecule has 0 atom stereocenters. The third-order valence-electron chi connectivity index (χ3n) is 3.97. The molecule has 0 bridgehead atoms. The van der Waals surface area contributed by atoms with Gasteiger partial charge in [0.1, 0.15) is 0 Å². The number of aromatic carboxylic acids is 1. The molecular weight excluding hydrogens is 244 g/mol. The standard InChI is InChI=1S/C15H18O4/c1-19-14(18)15(9-3-2-4-10-15)12-7-5-11(6-8-12)13(16)17/h5-8H,2-4,9-10H2,1H3,(H,16,17). The summed E-state index contributed by atoms with van der Waals surface area (Å²) in [4.78, 5) is 23.0. The number of carboxylic acid groups (broad SMARTS) is 1. The van der Waals surface area contributed by atoms with E-state index in [2.05, 4.69) is 0 Å². The maximum atomic E-state index is 12.2. The number of hydrogen-bond acceptors (Lipinski definition) is 3. The number of rotatable bonds is 3. The number of carboxylic acids is 1. The van der Waals surface area contributed by atoms with Gasteiger partial charge in [-0.15, -0.1) is 0 Å². The van der Waals surface area contributed by atoms with Crippen LogP contribution in [0.4, 0.5) is 0 Å². The average Bonchev–Trinajstić information content (AvgIpc) is 2.47. The lowest BCUT2D eigenvalue weighted by Gasteiger charge is -2.35. The molecule has 1 aromatic carbocycles. The molecule has 1 N–H and O–H groups in total. The Balaban J connectivity index is 2.38. The van der Waals surface area contributed by atoms with Gasteiger partial charge < -0.3 is 9.84 Å². The number of carbonyl (C=O) groups excluding carboxylic acids is 1. The third-order valence-corrected chi connectivity index (χ3v) is 3.97. The van der Waals surface area contributed by atoms with Crippen molar-refractivity contribution in [1.82, 2.24) is 0 Å². The maximum Gasteiger partial charge on any atom is 0.335 e. The van der Waals surface area contributed by atoms with Gasteiger partial charge in [-0.25, -0.2) is 4.79 Å². The van der Waals surface area contributed by atoms with Crippen LogP contribution in [0.5, 0.6) is 0 Å². The van der Waals surface area contributed by atoms with Crippen molar-refractivity contribution in [1.29, 1.82) is 0 Å². The lowest BCUT2D eigenvalue weighted by Crippen LogP contribution is -2.38. The Bertz CT molecular complexity index is 469. The molecule has 0 heterocycles. The molecular formula is C15H18O4. The first-order valence-electron chi connectivity index (χ1n) is 6.52. The molecule has 1 aromatic rings. The van der Waals surface area contributed by atoms with Crippen LogP contribution >= 0.6 is 0 Å². The average molecular weight is 262 g/mol. The van der Waals surface area contributed by atoms with Crippen LogP contribution < -0.4 is 0 Å². The SMILES string of the molecule is COC(=O)C1(c2ccc(C(=O)O)cc2)CCCCC1.